The van der Waals surface area contributed by atoms with Gasteiger partial charge >= 0.3 is 0 Å². The highest BCUT2D eigenvalue weighted by atomic mass is 16.5. The van der Waals surface area contributed by atoms with E-state index in [0.29, 0.717) is 6.61 Å². The zero-order valence-corrected chi connectivity index (χ0v) is 13.0. The zero-order valence-electron chi connectivity index (χ0n) is 13.0. The van der Waals surface area contributed by atoms with Crippen molar-refractivity contribution in [3.63, 3.8) is 0 Å². The van der Waals surface area contributed by atoms with Crippen molar-refractivity contribution in [2.24, 2.45) is 4.99 Å². The van der Waals surface area contributed by atoms with Gasteiger partial charge in [0.1, 0.15) is 30.0 Å². The first kappa shape index (κ1) is 14.1. The van der Waals surface area contributed by atoms with Gasteiger partial charge < -0.3 is 14.8 Å². The Hall–Kier alpha value is -2.49. The molecule has 0 aliphatic carbocycles. The molecule has 4 heteroatoms. The Kier molecular flexibility index (Phi) is 3.88. The number of fused-ring (bicyclic) bond motifs is 1. The number of nitrogens with one attached hydrogen (secondary N) is 1. The van der Waals surface area contributed by atoms with Crippen LogP contribution >= 0.6 is 0 Å². The predicted molar refractivity (Wildman–Crippen MR) is 90.4 cm³/mol. The molecule has 2 aliphatic rings. The van der Waals surface area contributed by atoms with Crippen molar-refractivity contribution in [3.8, 4) is 11.5 Å². The highest BCUT2D eigenvalue weighted by Gasteiger charge is 2.21. The number of hydrogen-bond donors (Lipinski definition) is 1. The van der Waals surface area contributed by atoms with Crippen LogP contribution in [0, 0.1) is 0 Å². The van der Waals surface area contributed by atoms with E-state index in [1.807, 2.05) is 18.2 Å². The Balaban J connectivity index is 1.44. The first-order valence-corrected chi connectivity index (χ1v) is 8.13. The molecule has 0 saturated carbocycles. The minimum absolute atomic E-state index is 0.146. The minimum Gasteiger partial charge on any atom is -0.486 e. The van der Waals surface area contributed by atoms with Crippen molar-refractivity contribution in [1.82, 2.24) is 5.32 Å². The Morgan fingerprint density at radius 2 is 2.09 bits per heavy atom. The number of rotatable bonds is 4. The van der Waals surface area contributed by atoms with Crippen LogP contribution in [-0.4, -0.2) is 25.5 Å². The van der Waals surface area contributed by atoms with Crippen molar-refractivity contribution in [1.29, 1.82) is 0 Å². The van der Waals surface area contributed by atoms with Gasteiger partial charge in [0.05, 0.1) is 6.54 Å². The molecule has 0 fully saturated rings. The van der Waals surface area contributed by atoms with Crippen LogP contribution in [0.5, 0.6) is 11.5 Å². The fraction of sp³-hybridized carbons (Fsp3) is 0.316. The minimum atomic E-state index is 0.146. The Morgan fingerprint density at radius 3 is 2.91 bits per heavy atom. The van der Waals surface area contributed by atoms with Crippen molar-refractivity contribution < 1.29 is 9.47 Å². The van der Waals surface area contributed by atoms with Crippen molar-refractivity contribution >= 4 is 5.84 Å². The smallest absolute Gasteiger partial charge is 0.145 e. The third-order valence-electron chi connectivity index (χ3n) is 4.27. The van der Waals surface area contributed by atoms with Gasteiger partial charge in [-0.1, -0.05) is 30.3 Å². The van der Waals surface area contributed by atoms with Gasteiger partial charge in [-0.05, 0) is 42.2 Å². The molecule has 1 N–H and O–H groups in total. The van der Waals surface area contributed by atoms with Gasteiger partial charge in [0.25, 0.3) is 0 Å². The molecule has 1 atom stereocenters. The maximum Gasteiger partial charge on any atom is 0.145 e. The maximum absolute atomic E-state index is 6.16. The van der Waals surface area contributed by atoms with E-state index in [9.17, 15) is 0 Å². The third kappa shape index (κ3) is 3.16. The fourth-order valence-electron chi connectivity index (χ4n) is 3.05. The molecule has 2 aliphatic heterocycles. The van der Waals surface area contributed by atoms with Crippen molar-refractivity contribution in [2.75, 3.05) is 19.7 Å². The quantitative estimate of drug-likeness (QED) is 0.943. The largest absolute Gasteiger partial charge is 0.486 e. The lowest BCUT2D eigenvalue weighted by Crippen LogP contribution is -2.25. The molecular weight excluding hydrogens is 288 g/mol. The second kappa shape index (κ2) is 6.32. The zero-order chi connectivity index (χ0) is 15.5. The molecule has 0 radical (unpaired) electrons. The summed E-state index contributed by atoms with van der Waals surface area (Å²) in [5.41, 5.74) is 2.46. The molecule has 4 nitrogen and oxygen atoms in total. The first-order valence-electron chi connectivity index (χ1n) is 8.13. The normalized spacial score (nSPS) is 19.3. The van der Waals surface area contributed by atoms with Crippen LogP contribution < -0.4 is 14.8 Å². The van der Waals surface area contributed by atoms with E-state index in [0.717, 1.165) is 43.3 Å². The van der Waals surface area contributed by atoms with E-state index >= 15 is 0 Å². The van der Waals surface area contributed by atoms with Gasteiger partial charge in [-0.15, -0.1) is 0 Å². The van der Waals surface area contributed by atoms with E-state index in [-0.39, 0.29) is 6.10 Å². The summed E-state index contributed by atoms with van der Waals surface area (Å²) in [6.45, 7) is 2.27. The molecular formula is C19H20N2O2. The highest BCUT2D eigenvalue weighted by molar-refractivity contribution is 5.84. The lowest BCUT2D eigenvalue weighted by Gasteiger charge is -2.26. The van der Waals surface area contributed by atoms with Crippen molar-refractivity contribution in [3.05, 3.63) is 59.7 Å². The molecule has 0 aromatic heterocycles. The van der Waals surface area contributed by atoms with Crippen LogP contribution in [0.1, 0.15) is 23.7 Å². The maximum atomic E-state index is 6.16. The summed E-state index contributed by atoms with van der Waals surface area (Å²) in [6.07, 6.45) is 2.15. The number of nitrogens with zero attached hydrogens (tertiary/aromatic N) is 1. The highest BCUT2D eigenvalue weighted by Crippen LogP contribution is 2.36. The molecule has 118 valence electrons. The second-order valence-electron chi connectivity index (χ2n) is 5.87. The average molecular weight is 308 g/mol. The molecule has 0 amide bonds. The average Bonchev–Trinajstić information content (AvgIpc) is 3.14. The van der Waals surface area contributed by atoms with Crippen LogP contribution in [-0.2, 0) is 6.42 Å². The molecule has 4 rings (SSSR count). The molecule has 0 saturated heterocycles. The number of aryl methyl sites for hydroxylation is 1. The molecule has 0 spiro atoms. The van der Waals surface area contributed by atoms with Gasteiger partial charge in [0, 0.05) is 6.54 Å². The van der Waals surface area contributed by atoms with Gasteiger partial charge in [0.2, 0.25) is 0 Å². The number of hydrogen-bond acceptors (Lipinski definition) is 4. The van der Waals surface area contributed by atoms with Gasteiger partial charge in [-0.2, -0.15) is 0 Å². The van der Waals surface area contributed by atoms with Crippen LogP contribution in [0.2, 0.25) is 0 Å². The lowest BCUT2D eigenvalue weighted by atomic mass is 9.97. The number of benzene rings is 2. The third-order valence-corrected chi connectivity index (χ3v) is 4.27. The van der Waals surface area contributed by atoms with Crippen LogP contribution in [0.3, 0.4) is 0 Å². The monoisotopic (exact) mass is 308 g/mol. The van der Waals surface area contributed by atoms with Crippen LogP contribution in [0.15, 0.2) is 53.5 Å². The Morgan fingerprint density at radius 1 is 1.17 bits per heavy atom. The van der Waals surface area contributed by atoms with Crippen molar-refractivity contribution in [2.45, 2.75) is 18.9 Å². The summed E-state index contributed by atoms with van der Waals surface area (Å²) >= 11 is 0. The molecule has 2 aromatic carbocycles. The van der Waals surface area contributed by atoms with Gasteiger partial charge in [-0.25, -0.2) is 0 Å². The Bertz CT molecular complexity index is 713. The van der Waals surface area contributed by atoms with E-state index in [1.165, 1.54) is 11.1 Å². The molecule has 2 heterocycles. The van der Waals surface area contributed by atoms with E-state index in [2.05, 4.69) is 40.6 Å². The Labute approximate surface area is 136 Å². The van der Waals surface area contributed by atoms with Gasteiger partial charge in [0.15, 0.2) is 0 Å². The standard InChI is InChI=1S/C19H20N2O2/c1-2-4-14(5-3-1)17-8-6-15-12-16(7-9-18(15)23-17)22-13-19-20-10-11-21-19/h1-5,7,9,12,17H,6,8,10-11,13H2,(H,20,21). The first-order chi connectivity index (χ1) is 11.4. The number of amidine groups is 1. The summed E-state index contributed by atoms with van der Waals surface area (Å²) < 4.78 is 12.0. The summed E-state index contributed by atoms with van der Waals surface area (Å²) in [6, 6.07) is 16.5. The van der Waals surface area contributed by atoms with Crippen LogP contribution in [0.4, 0.5) is 0 Å². The fourth-order valence-corrected chi connectivity index (χ4v) is 3.05. The lowest BCUT2D eigenvalue weighted by molar-refractivity contribution is 0.176. The van der Waals surface area contributed by atoms with E-state index in [4.69, 9.17) is 9.47 Å². The van der Waals surface area contributed by atoms with E-state index in [1.54, 1.807) is 0 Å². The summed E-state index contributed by atoms with van der Waals surface area (Å²) in [5.74, 6) is 2.78. The SMILES string of the molecule is c1ccc(C2CCc3cc(OCC4=NCCN4)ccc3O2)cc1. The summed E-state index contributed by atoms with van der Waals surface area (Å²) in [4.78, 5) is 4.34. The summed E-state index contributed by atoms with van der Waals surface area (Å²) in [7, 11) is 0. The molecule has 2 aromatic rings. The van der Waals surface area contributed by atoms with Gasteiger partial charge in [-0.3, -0.25) is 4.99 Å². The number of ether oxygens (including phenoxy) is 2. The molecule has 1 unspecified atom stereocenters. The predicted octanol–water partition coefficient (Wildman–Crippen LogP) is 3.13. The number of aliphatic imine (C=N–C) groups is 1. The molecule has 0 bridgehead atoms. The second-order valence-corrected chi connectivity index (χ2v) is 5.87. The topological polar surface area (TPSA) is 42.8 Å². The molecule has 23 heavy (non-hydrogen) atoms. The van der Waals surface area contributed by atoms with Crippen LogP contribution in [0.25, 0.3) is 0 Å². The van der Waals surface area contributed by atoms with E-state index < -0.39 is 0 Å². The summed E-state index contributed by atoms with van der Waals surface area (Å²) in [5, 5.41) is 3.21.